The van der Waals surface area contributed by atoms with E-state index in [1.54, 1.807) is 6.07 Å². The molecule has 0 spiro atoms. The summed E-state index contributed by atoms with van der Waals surface area (Å²) in [5, 5.41) is 9.52. The fourth-order valence-electron chi connectivity index (χ4n) is 1.67. The summed E-state index contributed by atoms with van der Waals surface area (Å²) in [5.41, 5.74) is 0.762. The van der Waals surface area contributed by atoms with Crippen LogP contribution >= 0.6 is 0 Å². The van der Waals surface area contributed by atoms with E-state index in [0.717, 1.165) is 37.9 Å². The van der Waals surface area contributed by atoms with Gasteiger partial charge in [-0.05, 0) is 6.07 Å². The van der Waals surface area contributed by atoms with Gasteiger partial charge in [-0.15, -0.1) is 0 Å². The fourth-order valence-corrected chi connectivity index (χ4v) is 1.67. The molecule has 2 rings (SSSR count). The summed E-state index contributed by atoms with van der Waals surface area (Å²) in [6, 6.07) is 4.14. The first-order valence-corrected chi connectivity index (χ1v) is 5.03. The highest BCUT2D eigenvalue weighted by Crippen LogP contribution is 2.20. The van der Waals surface area contributed by atoms with Gasteiger partial charge in [0.25, 0.3) is 0 Å². The molecule has 4 heteroatoms. The minimum Gasteiger partial charge on any atom is -0.508 e. The Kier molecular flexibility index (Phi) is 3.18. The highest BCUT2D eigenvalue weighted by atomic mass is 19.1. The highest BCUT2D eigenvalue weighted by Gasteiger charge is 2.12. The molecular formula is C11H14FNO2. The Morgan fingerprint density at radius 2 is 2.07 bits per heavy atom. The van der Waals surface area contributed by atoms with Crippen LogP contribution in [0.15, 0.2) is 18.2 Å². The first kappa shape index (κ1) is 10.4. The molecule has 82 valence electrons. The van der Waals surface area contributed by atoms with E-state index in [9.17, 15) is 9.50 Å². The first-order valence-electron chi connectivity index (χ1n) is 5.03. The summed E-state index contributed by atoms with van der Waals surface area (Å²) in [6.45, 7) is 3.81. The Labute approximate surface area is 88.1 Å². The molecule has 1 fully saturated rings. The van der Waals surface area contributed by atoms with Gasteiger partial charge < -0.3 is 9.84 Å². The molecule has 0 unspecified atom stereocenters. The van der Waals surface area contributed by atoms with Crippen molar-refractivity contribution >= 4 is 0 Å². The molecule has 1 aromatic rings. The summed E-state index contributed by atoms with van der Waals surface area (Å²) in [5.74, 6) is -0.375. The van der Waals surface area contributed by atoms with Gasteiger partial charge in [0.2, 0.25) is 0 Å². The lowest BCUT2D eigenvalue weighted by atomic mass is 10.2. The Balaban J connectivity index is 2.03. The van der Waals surface area contributed by atoms with E-state index < -0.39 is 5.82 Å². The Bertz CT molecular complexity index is 337. The van der Waals surface area contributed by atoms with Crippen LogP contribution in [0.4, 0.5) is 4.39 Å². The van der Waals surface area contributed by atoms with Crippen molar-refractivity contribution in [2.24, 2.45) is 0 Å². The summed E-state index contributed by atoms with van der Waals surface area (Å²) in [7, 11) is 0. The molecule has 0 saturated carbocycles. The molecule has 0 atom stereocenters. The van der Waals surface area contributed by atoms with E-state index >= 15 is 0 Å². The summed E-state index contributed by atoms with van der Waals surface area (Å²) < 4.78 is 18.0. The number of ether oxygens (including phenoxy) is 1. The van der Waals surface area contributed by atoms with Crippen molar-refractivity contribution < 1.29 is 14.2 Å². The minimum absolute atomic E-state index is 0.0292. The number of rotatable bonds is 2. The van der Waals surface area contributed by atoms with Crippen LogP contribution in [-0.2, 0) is 11.3 Å². The third-order valence-electron chi connectivity index (χ3n) is 2.55. The number of hydrogen-bond acceptors (Lipinski definition) is 3. The van der Waals surface area contributed by atoms with Crippen LogP contribution in [0.5, 0.6) is 5.75 Å². The van der Waals surface area contributed by atoms with Gasteiger partial charge in [0.1, 0.15) is 11.6 Å². The summed E-state index contributed by atoms with van der Waals surface area (Å²) in [4.78, 5) is 2.18. The molecule has 1 saturated heterocycles. The molecule has 1 heterocycles. The first-order chi connectivity index (χ1) is 7.25. The number of benzene rings is 1. The van der Waals surface area contributed by atoms with Gasteiger partial charge >= 0.3 is 0 Å². The molecule has 1 aliphatic heterocycles. The predicted molar refractivity (Wildman–Crippen MR) is 54.2 cm³/mol. The molecule has 0 radical (unpaired) electrons. The molecule has 0 bridgehead atoms. The van der Waals surface area contributed by atoms with Gasteiger partial charge in [-0.1, -0.05) is 6.07 Å². The number of halogens is 1. The molecule has 0 aromatic heterocycles. The predicted octanol–water partition coefficient (Wildman–Crippen LogP) is 1.36. The zero-order valence-corrected chi connectivity index (χ0v) is 8.45. The van der Waals surface area contributed by atoms with Crippen molar-refractivity contribution in [3.05, 3.63) is 29.6 Å². The molecule has 1 aliphatic rings. The van der Waals surface area contributed by atoms with E-state index in [4.69, 9.17) is 4.74 Å². The van der Waals surface area contributed by atoms with Crippen molar-refractivity contribution in [2.75, 3.05) is 26.3 Å². The van der Waals surface area contributed by atoms with Crippen LogP contribution < -0.4 is 0 Å². The topological polar surface area (TPSA) is 32.7 Å². The molecular weight excluding hydrogens is 197 g/mol. The maximum Gasteiger partial charge on any atom is 0.126 e. The van der Waals surface area contributed by atoms with Crippen molar-refractivity contribution in [3.63, 3.8) is 0 Å². The van der Waals surface area contributed by atoms with E-state index in [-0.39, 0.29) is 5.75 Å². The van der Waals surface area contributed by atoms with Crippen molar-refractivity contribution in [1.29, 1.82) is 0 Å². The SMILES string of the molecule is Oc1cc(F)ccc1CN1CCOCC1. The Hall–Kier alpha value is -1.13. The van der Waals surface area contributed by atoms with Gasteiger partial charge in [0.15, 0.2) is 0 Å². The molecule has 1 N–H and O–H groups in total. The van der Waals surface area contributed by atoms with Crippen LogP contribution in [-0.4, -0.2) is 36.3 Å². The average molecular weight is 211 g/mol. The molecule has 3 nitrogen and oxygen atoms in total. The van der Waals surface area contributed by atoms with Crippen LogP contribution in [0.25, 0.3) is 0 Å². The standard InChI is InChI=1S/C11H14FNO2/c12-10-2-1-9(11(14)7-10)8-13-3-5-15-6-4-13/h1-2,7,14H,3-6,8H2. The van der Waals surface area contributed by atoms with E-state index in [1.165, 1.54) is 6.07 Å². The quantitative estimate of drug-likeness (QED) is 0.801. The maximum absolute atomic E-state index is 12.7. The molecule has 15 heavy (non-hydrogen) atoms. The van der Waals surface area contributed by atoms with Gasteiger partial charge in [-0.3, -0.25) is 4.90 Å². The normalized spacial score (nSPS) is 17.9. The second-order valence-corrected chi connectivity index (χ2v) is 3.66. The van der Waals surface area contributed by atoms with Gasteiger partial charge in [0, 0.05) is 31.3 Å². The maximum atomic E-state index is 12.7. The van der Waals surface area contributed by atoms with Crippen LogP contribution in [0.3, 0.4) is 0 Å². The van der Waals surface area contributed by atoms with Gasteiger partial charge in [-0.2, -0.15) is 0 Å². The zero-order chi connectivity index (χ0) is 10.7. The summed E-state index contributed by atoms with van der Waals surface area (Å²) >= 11 is 0. The Morgan fingerprint density at radius 1 is 1.33 bits per heavy atom. The number of morpholine rings is 1. The van der Waals surface area contributed by atoms with E-state index in [1.807, 2.05) is 0 Å². The van der Waals surface area contributed by atoms with Crippen molar-refractivity contribution in [2.45, 2.75) is 6.54 Å². The third-order valence-corrected chi connectivity index (χ3v) is 2.55. The van der Waals surface area contributed by atoms with E-state index in [0.29, 0.717) is 6.54 Å². The minimum atomic E-state index is -0.404. The second-order valence-electron chi connectivity index (χ2n) is 3.66. The molecule has 1 aromatic carbocycles. The second kappa shape index (κ2) is 4.59. The third kappa shape index (κ3) is 2.67. The van der Waals surface area contributed by atoms with Gasteiger partial charge in [0.05, 0.1) is 13.2 Å². The highest BCUT2D eigenvalue weighted by molar-refractivity contribution is 5.32. The van der Waals surface area contributed by atoms with Crippen LogP contribution in [0.1, 0.15) is 5.56 Å². The largest absolute Gasteiger partial charge is 0.508 e. The van der Waals surface area contributed by atoms with Crippen LogP contribution in [0, 0.1) is 5.82 Å². The fraction of sp³-hybridized carbons (Fsp3) is 0.455. The number of phenolic OH excluding ortho intramolecular Hbond substituents is 1. The van der Waals surface area contributed by atoms with Crippen LogP contribution in [0.2, 0.25) is 0 Å². The van der Waals surface area contributed by atoms with Crippen molar-refractivity contribution in [3.8, 4) is 5.75 Å². The van der Waals surface area contributed by atoms with E-state index in [2.05, 4.69) is 4.90 Å². The van der Waals surface area contributed by atoms with Gasteiger partial charge in [-0.25, -0.2) is 4.39 Å². The monoisotopic (exact) mass is 211 g/mol. The number of hydrogen-bond donors (Lipinski definition) is 1. The number of aromatic hydroxyl groups is 1. The zero-order valence-electron chi connectivity index (χ0n) is 8.45. The van der Waals surface area contributed by atoms with Crippen molar-refractivity contribution in [1.82, 2.24) is 4.90 Å². The Morgan fingerprint density at radius 3 is 2.73 bits per heavy atom. The number of nitrogens with zero attached hydrogens (tertiary/aromatic N) is 1. The molecule has 0 aliphatic carbocycles. The lowest BCUT2D eigenvalue weighted by molar-refractivity contribution is 0.0339. The lowest BCUT2D eigenvalue weighted by Crippen LogP contribution is -2.35. The number of phenols is 1. The molecule has 0 amide bonds. The lowest BCUT2D eigenvalue weighted by Gasteiger charge is -2.26. The average Bonchev–Trinajstić information content (AvgIpc) is 2.24. The smallest absolute Gasteiger partial charge is 0.126 e. The summed E-state index contributed by atoms with van der Waals surface area (Å²) in [6.07, 6.45) is 0.